The number of alkyl halides is 3. The topological polar surface area (TPSA) is 66.8 Å². The summed E-state index contributed by atoms with van der Waals surface area (Å²) in [5.41, 5.74) is 0. The van der Waals surface area contributed by atoms with Crippen LogP contribution in [0.15, 0.2) is 0 Å². The fourth-order valence-electron chi connectivity index (χ4n) is 0.157. The van der Waals surface area contributed by atoms with E-state index in [1.165, 1.54) is 0 Å². The molecule has 0 bridgehead atoms. The van der Waals surface area contributed by atoms with Gasteiger partial charge in [-0.1, -0.05) is 47.8 Å². The molecule has 2 N–H and O–H groups in total. The molecule has 4 nitrogen and oxygen atoms in total. The molecule has 0 rings (SSSR count). The molecule has 0 aliphatic carbocycles. The molecule has 0 saturated heterocycles. The number of phosphoric acid groups is 1. The first-order valence-corrected chi connectivity index (χ1v) is 5.88. The van der Waals surface area contributed by atoms with E-state index in [1.54, 1.807) is 0 Å². The lowest BCUT2D eigenvalue weighted by atomic mass is 10.9. The van der Waals surface area contributed by atoms with Gasteiger partial charge in [-0.15, -0.1) is 0 Å². The molecule has 0 aromatic heterocycles. The van der Waals surface area contributed by atoms with Crippen molar-refractivity contribution in [2.75, 3.05) is 6.61 Å². The summed E-state index contributed by atoms with van der Waals surface area (Å²) < 4.78 is 13.4. The Hall–Kier alpha value is 1.55. The minimum Gasteiger partial charge on any atom is -0.303 e. The van der Waals surface area contributed by atoms with Crippen LogP contribution in [0, 0.1) is 0 Å². The summed E-state index contributed by atoms with van der Waals surface area (Å²) in [6, 6.07) is 0. The van der Waals surface area contributed by atoms with Gasteiger partial charge < -0.3 is 9.79 Å². The molecule has 0 heterocycles. The standard InChI is InChI=1S/C2H4Br3O4P/c3-2(4,5)1-9-10(6,7)8/h1H2,(H2,6,7,8). The molecule has 62 valence electrons. The summed E-state index contributed by atoms with van der Waals surface area (Å²) >= 11 is 8.99. The van der Waals surface area contributed by atoms with Crippen LogP contribution in [0.4, 0.5) is 0 Å². The Morgan fingerprint density at radius 2 is 1.80 bits per heavy atom. The first-order valence-electron chi connectivity index (χ1n) is 1.97. The van der Waals surface area contributed by atoms with Crippen LogP contribution >= 0.6 is 55.6 Å². The smallest absolute Gasteiger partial charge is 0.303 e. The van der Waals surface area contributed by atoms with Crippen molar-refractivity contribution >= 4 is 55.6 Å². The van der Waals surface area contributed by atoms with E-state index in [1.807, 2.05) is 0 Å². The molecule has 0 aliphatic heterocycles. The van der Waals surface area contributed by atoms with Crippen LogP contribution in [0.1, 0.15) is 0 Å². The summed E-state index contributed by atoms with van der Waals surface area (Å²) in [5.74, 6) is 0. The van der Waals surface area contributed by atoms with E-state index in [-0.39, 0.29) is 6.61 Å². The average Bonchev–Trinajstić information content (AvgIpc) is 1.57. The third kappa shape index (κ3) is 9.55. The number of phosphoric ester groups is 1. The van der Waals surface area contributed by atoms with Crippen molar-refractivity contribution in [3.8, 4) is 0 Å². The van der Waals surface area contributed by atoms with E-state index in [9.17, 15) is 4.57 Å². The second kappa shape index (κ2) is 3.98. The van der Waals surface area contributed by atoms with Gasteiger partial charge in [0.05, 0.1) is 6.61 Å². The molecule has 0 aromatic rings. The Kier molecular flexibility index (Phi) is 4.60. The molecular weight excluding hydrogens is 359 g/mol. The lowest BCUT2D eigenvalue weighted by molar-refractivity contribution is 0.204. The van der Waals surface area contributed by atoms with E-state index < -0.39 is 9.97 Å². The fraction of sp³-hybridized carbons (Fsp3) is 1.00. The normalized spacial score (nSPS) is 13.7. The molecule has 10 heavy (non-hydrogen) atoms. The molecular formula is C2H4Br3O4P. The average molecular weight is 363 g/mol. The second-order valence-corrected chi connectivity index (χ2v) is 9.87. The van der Waals surface area contributed by atoms with Gasteiger partial charge in [0.15, 0.2) is 2.14 Å². The monoisotopic (exact) mass is 360 g/mol. The summed E-state index contributed by atoms with van der Waals surface area (Å²) in [7, 11) is -4.35. The summed E-state index contributed by atoms with van der Waals surface area (Å²) in [5, 5.41) is 0. The zero-order valence-electron chi connectivity index (χ0n) is 4.50. The minimum absolute atomic E-state index is 0.183. The highest BCUT2D eigenvalue weighted by molar-refractivity contribution is 9.39. The van der Waals surface area contributed by atoms with Gasteiger partial charge >= 0.3 is 7.82 Å². The molecule has 0 unspecified atom stereocenters. The van der Waals surface area contributed by atoms with Gasteiger partial charge in [0.1, 0.15) is 0 Å². The van der Waals surface area contributed by atoms with Crippen LogP contribution in [0.5, 0.6) is 0 Å². The predicted molar refractivity (Wildman–Crippen MR) is 47.5 cm³/mol. The van der Waals surface area contributed by atoms with Crippen LogP contribution in [-0.4, -0.2) is 18.5 Å². The summed E-state index contributed by atoms with van der Waals surface area (Å²) in [6.45, 7) is -0.183. The van der Waals surface area contributed by atoms with E-state index >= 15 is 0 Å². The van der Waals surface area contributed by atoms with Crippen molar-refractivity contribution in [1.29, 1.82) is 0 Å². The van der Waals surface area contributed by atoms with Crippen molar-refractivity contribution in [2.45, 2.75) is 2.14 Å². The van der Waals surface area contributed by atoms with E-state index in [0.717, 1.165) is 0 Å². The number of hydrogen-bond donors (Lipinski definition) is 2. The minimum atomic E-state index is -4.35. The summed E-state index contributed by atoms with van der Waals surface area (Å²) in [6.07, 6.45) is 0. The van der Waals surface area contributed by atoms with Gasteiger partial charge in [-0.05, 0) is 0 Å². The molecule has 0 amide bonds. The molecule has 8 heteroatoms. The van der Waals surface area contributed by atoms with Crippen molar-refractivity contribution in [3.63, 3.8) is 0 Å². The van der Waals surface area contributed by atoms with Crippen molar-refractivity contribution in [3.05, 3.63) is 0 Å². The van der Waals surface area contributed by atoms with Crippen molar-refractivity contribution in [1.82, 2.24) is 0 Å². The molecule has 0 aliphatic rings. The Bertz CT molecular complexity index is 147. The molecule has 0 aromatic carbocycles. The maximum atomic E-state index is 10.1. The van der Waals surface area contributed by atoms with Crippen LogP contribution in [0.25, 0.3) is 0 Å². The first kappa shape index (κ1) is 11.6. The van der Waals surface area contributed by atoms with Crippen LogP contribution < -0.4 is 0 Å². The Labute approximate surface area is 83.0 Å². The summed E-state index contributed by atoms with van der Waals surface area (Å²) in [4.78, 5) is 16.4. The Morgan fingerprint density at radius 3 is 1.90 bits per heavy atom. The number of hydrogen-bond acceptors (Lipinski definition) is 2. The van der Waals surface area contributed by atoms with Gasteiger partial charge in [-0.2, -0.15) is 0 Å². The highest BCUT2D eigenvalue weighted by Crippen LogP contribution is 2.42. The maximum Gasteiger partial charge on any atom is 0.469 e. The maximum absolute atomic E-state index is 10.1. The highest BCUT2D eigenvalue weighted by atomic mass is 80.0. The zero-order valence-corrected chi connectivity index (χ0v) is 10.2. The van der Waals surface area contributed by atoms with E-state index in [4.69, 9.17) is 9.79 Å². The predicted octanol–water partition coefficient (Wildman–Crippen LogP) is 1.93. The van der Waals surface area contributed by atoms with Gasteiger partial charge in [0.25, 0.3) is 0 Å². The van der Waals surface area contributed by atoms with Crippen molar-refractivity contribution in [2.24, 2.45) is 0 Å². The second-order valence-electron chi connectivity index (χ2n) is 1.38. The third-order valence-electron chi connectivity index (χ3n) is 0.396. The van der Waals surface area contributed by atoms with Crippen LogP contribution in [0.3, 0.4) is 0 Å². The quantitative estimate of drug-likeness (QED) is 0.582. The number of rotatable bonds is 2. The van der Waals surface area contributed by atoms with Crippen LogP contribution in [-0.2, 0) is 9.09 Å². The van der Waals surface area contributed by atoms with E-state index in [2.05, 4.69) is 52.3 Å². The third-order valence-corrected chi connectivity index (χ3v) is 1.55. The van der Waals surface area contributed by atoms with Crippen LogP contribution in [0.2, 0.25) is 0 Å². The SMILES string of the molecule is O=P(O)(O)OCC(Br)(Br)Br. The molecule has 0 radical (unpaired) electrons. The lowest BCUT2D eigenvalue weighted by Gasteiger charge is -2.12. The number of halogens is 3. The molecule has 0 saturated carbocycles. The zero-order chi connectivity index (χ0) is 8.41. The highest BCUT2D eigenvalue weighted by Gasteiger charge is 2.24. The van der Waals surface area contributed by atoms with Crippen molar-refractivity contribution < 1.29 is 18.9 Å². The van der Waals surface area contributed by atoms with Gasteiger partial charge in [-0.25, -0.2) is 4.57 Å². The van der Waals surface area contributed by atoms with Gasteiger partial charge in [-0.3, -0.25) is 4.52 Å². The molecule has 0 fully saturated rings. The van der Waals surface area contributed by atoms with E-state index in [0.29, 0.717) is 0 Å². The lowest BCUT2D eigenvalue weighted by Crippen LogP contribution is -2.09. The Balaban J connectivity index is 3.67. The van der Waals surface area contributed by atoms with Gasteiger partial charge in [0.2, 0.25) is 0 Å². The molecule has 0 atom stereocenters. The van der Waals surface area contributed by atoms with Gasteiger partial charge in [0, 0.05) is 0 Å². The Morgan fingerprint density at radius 1 is 1.40 bits per heavy atom. The largest absolute Gasteiger partial charge is 0.469 e. The molecule has 0 spiro atoms. The first-order chi connectivity index (χ1) is 4.21. The fourth-order valence-corrected chi connectivity index (χ4v) is 1.39.